The zero-order chi connectivity index (χ0) is 13.1. The fourth-order valence-electron chi connectivity index (χ4n) is 1.64. The van der Waals surface area contributed by atoms with E-state index in [-0.39, 0.29) is 24.7 Å². The number of nitrogens with two attached hydrogens (primary N) is 1. The number of anilines is 1. The van der Waals surface area contributed by atoms with Crippen molar-refractivity contribution in [2.75, 3.05) is 12.1 Å². The molecule has 18 heavy (non-hydrogen) atoms. The minimum Gasteiger partial charge on any atom is -0.454 e. The summed E-state index contributed by atoms with van der Waals surface area (Å²) in [6.45, 7) is 4.22. The van der Waals surface area contributed by atoms with Crippen LogP contribution >= 0.6 is 0 Å². The summed E-state index contributed by atoms with van der Waals surface area (Å²) >= 11 is 0. The van der Waals surface area contributed by atoms with Crippen molar-refractivity contribution >= 4 is 11.6 Å². The summed E-state index contributed by atoms with van der Waals surface area (Å²) in [4.78, 5) is 11.8. The molecule has 0 saturated heterocycles. The molecule has 1 atom stereocenters. The maximum absolute atomic E-state index is 11.8. The Morgan fingerprint density at radius 2 is 2.11 bits per heavy atom. The van der Waals surface area contributed by atoms with Crippen molar-refractivity contribution < 1.29 is 14.3 Å². The van der Waals surface area contributed by atoms with E-state index in [9.17, 15) is 4.79 Å². The van der Waals surface area contributed by atoms with E-state index in [2.05, 4.69) is 5.32 Å². The SMILES string of the molecule is CC(C)C(N)CC(=O)Nc1ccc2c(c1)OCO2. The highest BCUT2D eigenvalue weighted by Crippen LogP contribution is 2.34. The molecule has 1 unspecified atom stereocenters. The summed E-state index contributed by atoms with van der Waals surface area (Å²) in [5.41, 5.74) is 6.55. The maximum Gasteiger partial charge on any atom is 0.231 e. The quantitative estimate of drug-likeness (QED) is 0.853. The number of carbonyl (C=O) groups excluding carboxylic acids is 1. The van der Waals surface area contributed by atoms with Crippen LogP contribution in [0.3, 0.4) is 0 Å². The Balaban J connectivity index is 1.95. The number of ether oxygens (including phenoxy) is 2. The van der Waals surface area contributed by atoms with E-state index in [0.29, 0.717) is 23.6 Å². The average Bonchev–Trinajstić information content (AvgIpc) is 2.75. The van der Waals surface area contributed by atoms with Gasteiger partial charge < -0.3 is 20.5 Å². The number of benzene rings is 1. The number of amides is 1. The predicted octanol–water partition coefficient (Wildman–Crippen LogP) is 1.73. The van der Waals surface area contributed by atoms with E-state index in [0.717, 1.165) is 0 Å². The van der Waals surface area contributed by atoms with E-state index in [1.807, 2.05) is 13.8 Å². The minimum absolute atomic E-state index is 0.0879. The largest absolute Gasteiger partial charge is 0.454 e. The van der Waals surface area contributed by atoms with Crippen LogP contribution in [0.15, 0.2) is 18.2 Å². The number of nitrogens with one attached hydrogen (secondary N) is 1. The van der Waals surface area contributed by atoms with Gasteiger partial charge in [-0.3, -0.25) is 4.79 Å². The first-order valence-electron chi connectivity index (χ1n) is 6.01. The third-order valence-corrected chi connectivity index (χ3v) is 2.93. The molecule has 0 saturated carbocycles. The molecule has 1 aliphatic rings. The second-order valence-electron chi connectivity index (χ2n) is 4.73. The second-order valence-corrected chi connectivity index (χ2v) is 4.73. The molecule has 1 aliphatic heterocycles. The Bertz CT molecular complexity index is 446. The normalized spacial score (nSPS) is 14.7. The zero-order valence-corrected chi connectivity index (χ0v) is 10.6. The summed E-state index contributed by atoms with van der Waals surface area (Å²) in [6, 6.07) is 5.19. The van der Waals surface area contributed by atoms with E-state index in [1.54, 1.807) is 18.2 Å². The van der Waals surface area contributed by atoms with Crippen LogP contribution < -0.4 is 20.5 Å². The van der Waals surface area contributed by atoms with Crippen molar-refractivity contribution in [1.29, 1.82) is 0 Å². The molecule has 0 fully saturated rings. The molecule has 0 aliphatic carbocycles. The fraction of sp³-hybridized carbons (Fsp3) is 0.462. The van der Waals surface area contributed by atoms with E-state index < -0.39 is 0 Å². The molecular weight excluding hydrogens is 232 g/mol. The highest BCUT2D eigenvalue weighted by molar-refractivity contribution is 5.91. The number of hydrogen-bond donors (Lipinski definition) is 2. The summed E-state index contributed by atoms with van der Waals surface area (Å²) < 4.78 is 10.4. The second kappa shape index (κ2) is 5.27. The first kappa shape index (κ1) is 12.7. The Labute approximate surface area is 106 Å². The Morgan fingerprint density at radius 3 is 2.83 bits per heavy atom. The number of rotatable bonds is 4. The molecule has 3 N–H and O–H groups in total. The molecule has 2 rings (SSSR count). The smallest absolute Gasteiger partial charge is 0.231 e. The van der Waals surface area contributed by atoms with Gasteiger partial charge in [0.1, 0.15) is 0 Å². The van der Waals surface area contributed by atoms with Gasteiger partial charge in [-0.1, -0.05) is 13.8 Å². The fourth-order valence-corrected chi connectivity index (χ4v) is 1.64. The Kier molecular flexibility index (Phi) is 3.72. The van der Waals surface area contributed by atoms with Gasteiger partial charge in [0.2, 0.25) is 12.7 Å². The van der Waals surface area contributed by atoms with Gasteiger partial charge in [0.05, 0.1) is 0 Å². The van der Waals surface area contributed by atoms with Crippen LogP contribution in [-0.2, 0) is 4.79 Å². The number of fused-ring (bicyclic) bond motifs is 1. The lowest BCUT2D eigenvalue weighted by Gasteiger charge is -2.15. The molecular formula is C13H18N2O3. The molecule has 0 radical (unpaired) electrons. The Morgan fingerprint density at radius 1 is 1.39 bits per heavy atom. The molecule has 1 amide bonds. The van der Waals surface area contributed by atoms with E-state index in [1.165, 1.54) is 0 Å². The molecule has 1 aromatic rings. The van der Waals surface area contributed by atoms with Crippen molar-refractivity contribution in [3.63, 3.8) is 0 Å². The molecule has 1 aromatic carbocycles. The topological polar surface area (TPSA) is 73.6 Å². The van der Waals surface area contributed by atoms with Gasteiger partial charge in [0.15, 0.2) is 11.5 Å². The predicted molar refractivity (Wildman–Crippen MR) is 68.6 cm³/mol. The maximum atomic E-state index is 11.8. The van der Waals surface area contributed by atoms with Gasteiger partial charge in [0.25, 0.3) is 0 Å². The monoisotopic (exact) mass is 250 g/mol. The molecule has 0 aromatic heterocycles. The molecule has 98 valence electrons. The summed E-state index contributed by atoms with van der Waals surface area (Å²) in [6.07, 6.45) is 0.312. The van der Waals surface area contributed by atoms with Crippen molar-refractivity contribution in [3.05, 3.63) is 18.2 Å². The zero-order valence-electron chi connectivity index (χ0n) is 10.6. The lowest BCUT2D eigenvalue weighted by atomic mass is 10.0. The average molecular weight is 250 g/mol. The third kappa shape index (κ3) is 2.92. The lowest BCUT2D eigenvalue weighted by molar-refractivity contribution is -0.116. The van der Waals surface area contributed by atoms with Crippen molar-refractivity contribution in [2.24, 2.45) is 11.7 Å². The van der Waals surface area contributed by atoms with Crippen molar-refractivity contribution in [3.8, 4) is 11.5 Å². The highest BCUT2D eigenvalue weighted by Gasteiger charge is 2.16. The van der Waals surface area contributed by atoms with Crippen LogP contribution in [0.2, 0.25) is 0 Å². The molecule has 0 spiro atoms. The minimum atomic E-state index is -0.126. The van der Waals surface area contributed by atoms with Crippen LogP contribution in [0, 0.1) is 5.92 Å². The molecule has 1 heterocycles. The van der Waals surface area contributed by atoms with E-state index >= 15 is 0 Å². The van der Waals surface area contributed by atoms with Gasteiger partial charge in [-0.2, -0.15) is 0 Å². The van der Waals surface area contributed by atoms with Gasteiger partial charge in [-0.05, 0) is 18.1 Å². The molecule has 0 bridgehead atoms. The van der Waals surface area contributed by atoms with Crippen LogP contribution in [0.4, 0.5) is 5.69 Å². The first-order valence-corrected chi connectivity index (χ1v) is 6.01. The summed E-state index contributed by atoms with van der Waals surface area (Å²) in [7, 11) is 0. The lowest BCUT2D eigenvalue weighted by Crippen LogP contribution is -2.31. The van der Waals surface area contributed by atoms with Crippen molar-refractivity contribution in [1.82, 2.24) is 0 Å². The van der Waals surface area contributed by atoms with Crippen LogP contribution in [-0.4, -0.2) is 18.7 Å². The Hall–Kier alpha value is -1.75. The third-order valence-electron chi connectivity index (χ3n) is 2.93. The summed E-state index contributed by atoms with van der Waals surface area (Å²) in [5.74, 6) is 1.55. The van der Waals surface area contributed by atoms with Crippen LogP contribution in [0.25, 0.3) is 0 Å². The van der Waals surface area contributed by atoms with Gasteiger partial charge in [-0.25, -0.2) is 0 Å². The van der Waals surface area contributed by atoms with Crippen molar-refractivity contribution in [2.45, 2.75) is 26.3 Å². The first-order chi connectivity index (χ1) is 8.56. The van der Waals surface area contributed by atoms with Gasteiger partial charge in [0, 0.05) is 24.2 Å². The number of hydrogen-bond acceptors (Lipinski definition) is 4. The molecule has 5 heteroatoms. The van der Waals surface area contributed by atoms with E-state index in [4.69, 9.17) is 15.2 Å². The highest BCUT2D eigenvalue weighted by atomic mass is 16.7. The van der Waals surface area contributed by atoms with Crippen LogP contribution in [0.1, 0.15) is 20.3 Å². The standard InChI is InChI=1S/C13H18N2O3/c1-8(2)10(14)6-13(16)15-9-3-4-11-12(5-9)18-7-17-11/h3-5,8,10H,6-7,14H2,1-2H3,(H,15,16). The van der Waals surface area contributed by atoms with Gasteiger partial charge in [-0.15, -0.1) is 0 Å². The summed E-state index contributed by atoms with van der Waals surface area (Å²) in [5, 5.41) is 2.80. The molecule has 5 nitrogen and oxygen atoms in total. The van der Waals surface area contributed by atoms with Gasteiger partial charge >= 0.3 is 0 Å². The number of carbonyl (C=O) groups is 1. The van der Waals surface area contributed by atoms with Crippen LogP contribution in [0.5, 0.6) is 11.5 Å².